The van der Waals surface area contributed by atoms with Crippen LogP contribution in [0, 0.1) is 11.7 Å². The molecule has 7 nitrogen and oxygen atoms in total. The number of esters is 1. The molecule has 1 aromatic heterocycles. The Labute approximate surface area is 154 Å². The third kappa shape index (κ3) is 5.04. The number of amides is 1. The van der Waals surface area contributed by atoms with Gasteiger partial charge in [0.15, 0.2) is 0 Å². The van der Waals surface area contributed by atoms with E-state index in [2.05, 4.69) is 15.5 Å². The van der Waals surface area contributed by atoms with Gasteiger partial charge in [0.1, 0.15) is 11.9 Å². The van der Waals surface area contributed by atoms with E-state index >= 15 is 0 Å². The standard InChI is InChI=1S/C17H20FN3O4S/c1-4-10(2)14(16(23)24-3)19-13(22)9-26-17-21-20-15(25-17)11-7-5-6-8-12(11)18/h5-8,10,14H,4,9H2,1-3H3,(H,19,22)/t10-,14+/m1/s1. The lowest BCUT2D eigenvalue weighted by atomic mass is 9.99. The first-order valence-corrected chi connectivity index (χ1v) is 9.03. The van der Waals surface area contributed by atoms with Crippen LogP contribution in [-0.4, -0.2) is 41.0 Å². The molecule has 0 saturated carbocycles. The normalized spacial score (nSPS) is 13.1. The topological polar surface area (TPSA) is 94.3 Å². The SMILES string of the molecule is CC[C@@H](C)[C@H](NC(=O)CSc1nnc(-c2ccccc2F)o1)C(=O)OC. The lowest BCUT2D eigenvalue weighted by Gasteiger charge is -2.21. The molecule has 1 amide bonds. The van der Waals surface area contributed by atoms with Crippen molar-refractivity contribution in [1.29, 1.82) is 0 Å². The van der Waals surface area contributed by atoms with Crippen molar-refractivity contribution in [2.45, 2.75) is 31.5 Å². The summed E-state index contributed by atoms with van der Waals surface area (Å²) in [6.07, 6.45) is 0.711. The molecule has 1 N–H and O–H groups in total. The number of nitrogens with one attached hydrogen (secondary N) is 1. The minimum atomic E-state index is -0.713. The van der Waals surface area contributed by atoms with E-state index in [1.54, 1.807) is 12.1 Å². The largest absolute Gasteiger partial charge is 0.467 e. The Morgan fingerprint density at radius 3 is 2.73 bits per heavy atom. The zero-order valence-electron chi connectivity index (χ0n) is 14.7. The number of nitrogens with zero attached hydrogens (tertiary/aromatic N) is 2. The van der Waals surface area contributed by atoms with E-state index in [0.29, 0.717) is 6.42 Å². The van der Waals surface area contributed by atoms with Gasteiger partial charge in [0.05, 0.1) is 18.4 Å². The van der Waals surface area contributed by atoms with Crippen LogP contribution in [0.1, 0.15) is 20.3 Å². The molecule has 0 saturated heterocycles. The van der Waals surface area contributed by atoms with Crippen molar-refractivity contribution in [3.63, 3.8) is 0 Å². The maximum absolute atomic E-state index is 13.7. The average Bonchev–Trinajstić information content (AvgIpc) is 3.12. The first-order chi connectivity index (χ1) is 12.5. The Balaban J connectivity index is 1.95. The third-order valence-corrected chi connectivity index (χ3v) is 4.64. The van der Waals surface area contributed by atoms with Crippen LogP contribution in [-0.2, 0) is 14.3 Å². The Morgan fingerprint density at radius 2 is 2.08 bits per heavy atom. The lowest BCUT2D eigenvalue weighted by Crippen LogP contribution is -2.46. The summed E-state index contributed by atoms with van der Waals surface area (Å²) in [4.78, 5) is 23.9. The fourth-order valence-electron chi connectivity index (χ4n) is 2.15. The van der Waals surface area contributed by atoms with Crippen LogP contribution in [0.2, 0.25) is 0 Å². The van der Waals surface area contributed by atoms with Crippen molar-refractivity contribution in [3.05, 3.63) is 30.1 Å². The second-order valence-corrected chi connectivity index (χ2v) is 6.52. The molecular formula is C17H20FN3O4S. The van der Waals surface area contributed by atoms with E-state index in [1.807, 2.05) is 13.8 Å². The minimum Gasteiger partial charge on any atom is -0.467 e. The van der Waals surface area contributed by atoms with E-state index in [9.17, 15) is 14.0 Å². The Bertz CT molecular complexity index is 768. The van der Waals surface area contributed by atoms with Gasteiger partial charge in [-0.15, -0.1) is 10.2 Å². The molecule has 2 aromatic rings. The molecule has 0 aliphatic rings. The van der Waals surface area contributed by atoms with Gasteiger partial charge in [-0.05, 0) is 18.1 Å². The fourth-order valence-corrected chi connectivity index (χ4v) is 2.72. The summed E-state index contributed by atoms with van der Waals surface area (Å²) in [5, 5.41) is 10.4. The van der Waals surface area contributed by atoms with E-state index < -0.39 is 17.8 Å². The maximum atomic E-state index is 13.7. The van der Waals surface area contributed by atoms with E-state index in [-0.39, 0.29) is 34.3 Å². The van der Waals surface area contributed by atoms with Crippen molar-refractivity contribution in [2.24, 2.45) is 5.92 Å². The van der Waals surface area contributed by atoms with Crippen molar-refractivity contribution >= 4 is 23.6 Å². The summed E-state index contributed by atoms with van der Waals surface area (Å²) in [7, 11) is 1.28. The monoisotopic (exact) mass is 381 g/mol. The summed E-state index contributed by atoms with van der Waals surface area (Å²) < 4.78 is 23.8. The van der Waals surface area contributed by atoms with Gasteiger partial charge in [0, 0.05) is 0 Å². The molecule has 9 heteroatoms. The highest BCUT2D eigenvalue weighted by atomic mass is 32.2. The summed E-state index contributed by atoms with van der Waals surface area (Å²) in [5.74, 6) is -1.37. The molecule has 0 aliphatic carbocycles. The number of thioether (sulfide) groups is 1. The molecule has 0 fully saturated rings. The summed E-state index contributed by atoms with van der Waals surface area (Å²) in [6, 6.07) is 5.32. The van der Waals surface area contributed by atoms with Crippen LogP contribution in [0.15, 0.2) is 33.9 Å². The molecular weight excluding hydrogens is 361 g/mol. The van der Waals surface area contributed by atoms with Gasteiger partial charge in [-0.2, -0.15) is 0 Å². The number of hydrogen-bond acceptors (Lipinski definition) is 7. The van der Waals surface area contributed by atoms with Gasteiger partial charge in [0.25, 0.3) is 11.1 Å². The first kappa shape index (κ1) is 19.9. The van der Waals surface area contributed by atoms with E-state index in [0.717, 1.165) is 11.8 Å². The quantitative estimate of drug-likeness (QED) is 0.555. The zero-order chi connectivity index (χ0) is 19.1. The third-order valence-electron chi connectivity index (χ3n) is 3.82. The highest BCUT2D eigenvalue weighted by Crippen LogP contribution is 2.25. The van der Waals surface area contributed by atoms with Crippen LogP contribution in [0.3, 0.4) is 0 Å². The molecule has 0 unspecified atom stereocenters. The van der Waals surface area contributed by atoms with Gasteiger partial charge in [-0.3, -0.25) is 4.79 Å². The summed E-state index contributed by atoms with van der Waals surface area (Å²) in [6.45, 7) is 3.78. The highest BCUT2D eigenvalue weighted by molar-refractivity contribution is 7.99. The van der Waals surface area contributed by atoms with Crippen molar-refractivity contribution in [2.75, 3.05) is 12.9 Å². The van der Waals surface area contributed by atoms with Gasteiger partial charge in [0.2, 0.25) is 5.91 Å². The average molecular weight is 381 g/mol. The summed E-state index contributed by atoms with van der Waals surface area (Å²) in [5.41, 5.74) is 0.193. The number of rotatable bonds is 8. The van der Waals surface area contributed by atoms with Crippen molar-refractivity contribution in [1.82, 2.24) is 15.5 Å². The van der Waals surface area contributed by atoms with Gasteiger partial charge in [-0.25, -0.2) is 9.18 Å². The molecule has 140 valence electrons. The molecule has 1 heterocycles. The summed E-state index contributed by atoms with van der Waals surface area (Å²) >= 11 is 1.00. The minimum absolute atomic E-state index is 0.0250. The smallest absolute Gasteiger partial charge is 0.328 e. The number of benzene rings is 1. The van der Waals surface area contributed by atoms with Crippen LogP contribution in [0.4, 0.5) is 4.39 Å². The number of carbonyl (C=O) groups excluding carboxylic acids is 2. The van der Waals surface area contributed by atoms with Gasteiger partial charge < -0.3 is 14.5 Å². The van der Waals surface area contributed by atoms with Crippen LogP contribution in [0.25, 0.3) is 11.5 Å². The van der Waals surface area contributed by atoms with Gasteiger partial charge >= 0.3 is 5.97 Å². The molecule has 26 heavy (non-hydrogen) atoms. The Kier molecular flexibility index (Phi) is 7.14. The zero-order valence-corrected chi connectivity index (χ0v) is 15.5. The fraction of sp³-hybridized carbons (Fsp3) is 0.412. The van der Waals surface area contributed by atoms with E-state index in [4.69, 9.17) is 9.15 Å². The van der Waals surface area contributed by atoms with Crippen LogP contribution >= 0.6 is 11.8 Å². The molecule has 0 aliphatic heterocycles. The molecule has 0 spiro atoms. The van der Waals surface area contributed by atoms with Crippen molar-refractivity contribution < 1.29 is 23.1 Å². The molecule has 1 aromatic carbocycles. The van der Waals surface area contributed by atoms with Crippen LogP contribution < -0.4 is 5.32 Å². The predicted molar refractivity (Wildman–Crippen MR) is 93.8 cm³/mol. The number of carbonyl (C=O) groups is 2. The Hall–Kier alpha value is -2.42. The number of hydrogen-bond donors (Lipinski definition) is 1. The van der Waals surface area contributed by atoms with Crippen LogP contribution in [0.5, 0.6) is 0 Å². The second-order valence-electron chi connectivity index (χ2n) is 5.60. The first-order valence-electron chi connectivity index (χ1n) is 8.04. The number of aromatic nitrogens is 2. The number of halogens is 1. The highest BCUT2D eigenvalue weighted by Gasteiger charge is 2.26. The van der Waals surface area contributed by atoms with E-state index in [1.165, 1.54) is 19.2 Å². The maximum Gasteiger partial charge on any atom is 0.328 e. The van der Waals surface area contributed by atoms with Crippen molar-refractivity contribution in [3.8, 4) is 11.5 Å². The number of methoxy groups -OCH3 is 1. The van der Waals surface area contributed by atoms with Gasteiger partial charge in [-0.1, -0.05) is 44.2 Å². The molecule has 2 atom stereocenters. The predicted octanol–water partition coefficient (Wildman–Crippen LogP) is 2.67. The number of ether oxygens (including phenoxy) is 1. The lowest BCUT2D eigenvalue weighted by molar-refractivity contribution is -0.146. The molecule has 0 radical (unpaired) electrons. The molecule has 0 bridgehead atoms. The second kappa shape index (κ2) is 9.33. The Morgan fingerprint density at radius 1 is 1.35 bits per heavy atom. The molecule has 2 rings (SSSR count).